The molecule has 0 bridgehead atoms. The van der Waals surface area contributed by atoms with Gasteiger partial charge < -0.3 is 9.88 Å². The molecule has 2 rings (SSSR count). The monoisotopic (exact) mass is 306 g/mol. The van der Waals surface area contributed by atoms with Crippen molar-refractivity contribution < 1.29 is 0 Å². The summed E-state index contributed by atoms with van der Waals surface area (Å²) in [4.78, 5) is 0. The zero-order valence-corrected chi connectivity index (χ0v) is 14.2. The van der Waals surface area contributed by atoms with E-state index in [9.17, 15) is 0 Å². The van der Waals surface area contributed by atoms with Crippen molar-refractivity contribution in [2.75, 3.05) is 6.54 Å². The van der Waals surface area contributed by atoms with Gasteiger partial charge in [-0.05, 0) is 36.6 Å². The van der Waals surface area contributed by atoms with E-state index in [2.05, 4.69) is 49.0 Å². The third-order valence-corrected chi connectivity index (χ3v) is 4.03. The fraction of sp³-hybridized carbons (Fsp3) is 0.556. The van der Waals surface area contributed by atoms with Gasteiger partial charge in [0, 0.05) is 35.2 Å². The Hall–Kier alpha value is -0.990. The normalized spacial score (nSPS) is 11.7. The number of nitrogens with one attached hydrogen (secondary N) is 1. The summed E-state index contributed by atoms with van der Waals surface area (Å²) in [6, 6.07) is 6.24. The fourth-order valence-corrected chi connectivity index (χ4v) is 2.86. The number of benzene rings is 1. The van der Waals surface area contributed by atoms with E-state index in [0.29, 0.717) is 5.92 Å². The largest absolute Gasteiger partial charge is 0.347 e. The Morgan fingerprint density at radius 2 is 2.05 bits per heavy atom. The SMILES string of the molecule is CCCCCn1cc(CNCC(C)C)c2ccc(Cl)cc21. The maximum Gasteiger partial charge on any atom is 0.0498 e. The predicted octanol–water partition coefficient (Wildman–Crippen LogP) is 5.23. The van der Waals surface area contributed by atoms with Gasteiger partial charge in [-0.2, -0.15) is 0 Å². The minimum atomic E-state index is 0.678. The molecule has 21 heavy (non-hydrogen) atoms. The van der Waals surface area contributed by atoms with Crippen LogP contribution in [0.1, 0.15) is 45.6 Å². The summed E-state index contributed by atoms with van der Waals surface area (Å²) < 4.78 is 2.36. The second-order valence-corrected chi connectivity index (χ2v) is 6.68. The fourth-order valence-electron chi connectivity index (χ4n) is 2.69. The van der Waals surface area contributed by atoms with Gasteiger partial charge in [0.25, 0.3) is 0 Å². The molecule has 116 valence electrons. The van der Waals surface area contributed by atoms with Gasteiger partial charge in [0.05, 0.1) is 0 Å². The van der Waals surface area contributed by atoms with Gasteiger partial charge in [0.2, 0.25) is 0 Å². The smallest absolute Gasteiger partial charge is 0.0498 e. The number of aryl methyl sites for hydroxylation is 1. The zero-order chi connectivity index (χ0) is 15.2. The van der Waals surface area contributed by atoms with Crippen LogP contribution in [0.25, 0.3) is 10.9 Å². The first-order valence-corrected chi connectivity index (χ1v) is 8.47. The first-order chi connectivity index (χ1) is 10.1. The van der Waals surface area contributed by atoms with Crippen LogP contribution in [0.2, 0.25) is 5.02 Å². The second-order valence-electron chi connectivity index (χ2n) is 6.24. The van der Waals surface area contributed by atoms with E-state index in [-0.39, 0.29) is 0 Å². The second kappa shape index (κ2) is 7.86. The highest BCUT2D eigenvalue weighted by molar-refractivity contribution is 6.31. The van der Waals surface area contributed by atoms with E-state index in [1.165, 1.54) is 35.7 Å². The van der Waals surface area contributed by atoms with E-state index in [4.69, 9.17) is 11.6 Å². The zero-order valence-electron chi connectivity index (χ0n) is 13.5. The number of hydrogen-bond acceptors (Lipinski definition) is 1. The van der Waals surface area contributed by atoms with Crippen molar-refractivity contribution in [2.45, 2.75) is 53.1 Å². The van der Waals surface area contributed by atoms with Crippen molar-refractivity contribution in [3.05, 3.63) is 35.0 Å². The predicted molar refractivity (Wildman–Crippen MR) is 93.0 cm³/mol. The minimum Gasteiger partial charge on any atom is -0.347 e. The molecule has 1 heterocycles. The van der Waals surface area contributed by atoms with Crippen LogP contribution in [0.5, 0.6) is 0 Å². The molecule has 1 aromatic heterocycles. The molecule has 0 atom stereocenters. The molecule has 0 saturated carbocycles. The number of fused-ring (bicyclic) bond motifs is 1. The highest BCUT2D eigenvalue weighted by Gasteiger charge is 2.09. The van der Waals surface area contributed by atoms with E-state index < -0.39 is 0 Å². The summed E-state index contributed by atoms with van der Waals surface area (Å²) in [7, 11) is 0. The van der Waals surface area contributed by atoms with Crippen LogP contribution in [0.4, 0.5) is 0 Å². The van der Waals surface area contributed by atoms with Crippen LogP contribution in [0.3, 0.4) is 0 Å². The number of rotatable bonds is 8. The lowest BCUT2D eigenvalue weighted by atomic mass is 10.1. The van der Waals surface area contributed by atoms with Crippen molar-refractivity contribution in [1.82, 2.24) is 9.88 Å². The molecule has 0 spiro atoms. The van der Waals surface area contributed by atoms with Crippen molar-refractivity contribution in [1.29, 1.82) is 0 Å². The van der Waals surface area contributed by atoms with E-state index in [1.807, 2.05) is 6.07 Å². The Morgan fingerprint density at radius 3 is 2.76 bits per heavy atom. The van der Waals surface area contributed by atoms with Gasteiger partial charge >= 0.3 is 0 Å². The lowest BCUT2D eigenvalue weighted by Crippen LogP contribution is -2.18. The molecule has 0 aliphatic rings. The first-order valence-electron chi connectivity index (χ1n) is 8.09. The molecule has 0 aliphatic carbocycles. The average Bonchev–Trinajstić information content (AvgIpc) is 2.76. The van der Waals surface area contributed by atoms with Crippen molar-refractivity contribution >= 4 is 22.5 Å². The minimum absolute atomic E-state index is 0.678. The molecule has 0 amide bonds. The molecule has 0 fully saturated rings. The standard InChI is InChI=1S/C18H27ClN2/c1-4-5-6-9-21-13-15(12-20-11-14(2)3)17-8-7-16(19)10-18(17)21/h7-8,10,13-14,20H,4-6,9,11-12H2,1-3H3. The van der Waals surface area contributed by atoms with Gasteiger partial charge in [0.15, 0.2) is 0 Å². The molecule has 1 N–H and O–H groups in total. The van der Waals surface area contributed by atoms with Crippen LogP contribution in [-0.2, 0) is 13.1 Å². The maximum atomic E-state index is 6.18. The Morgan fingerprint density at radius 1 is 1.24 bits per heavy atom. The quantitative estimate of drug-likeness (QED) is 0.661. The van der Waals surface area contributed by atoms with Crippen molar-refractivity contribution in [2.24, 2.45) is 5.92 Å². The van der Waals surface area contributed by atoms with Crippen LogP contribution >= 0.6 is 11.6 Å². The topological polar surface area (TPSA) is 17.0 Å². The van der Waals surface area contributed by atoms with Crippen molar-refractivity contribution in [3.8, 4) is 0 Å². The molecular formula is C18H27ClN2. The molecule has 0 aliphatic heterocycles. The summed E-state index contributed by atoms with van der Waals surface area (Å²) in [6.45, 7) is 9.77. The third kappa shape index (κ3) is 4.49. The van der Waals surface area contributed by atoms with Crippen molar-refractivity contribution in [3.63, 3.8) is 0 Å². The number of unbranched alkanes of at least 4 members (excludes halogenated alkanes) is 2. The highest BCUT2D eigenvalue weighted by atomic mass is 35.5. The van der Waals surface area contributed by atoms with Gasteiger partial charge in [-0.15, -0.1) is 0 Å². The summed E-state index contributed by atoms with van der Waals surface area (Å²) in [5, 5.41) is 5.69. The number of aromatic nitrogens is 1. The van der Waals surface area contributed by atoms with Crippen LogP contribution in [0.15, 0.2) is 24.4 Å². The van der Waals surface area contributed by atoms with Crippen LogP contribution in [0, 0.1) is 5.92 Å². The lowest BCUT2D eigenvalue weighted by molar-refractivity contribution is 0.552. The molecule has 2 aromatic rings. The van der Waals surface area contributed by atoms with Gasteiger partial charge in [-0.25, -0.2) is 0 Å². The first kappa shape index (κ1) is 16.4. The molecule has 2 nitrogen and oxygen atoms in total. The average molecular weight is 307 g/mol. The van der Waals surface area contributed by atoms with Gasteiger partial charge in [0.1, 0.15) is 0 Å². The number of hydrogen-bond donors (Lipinski definition) is 1. The Balaban J connectivity index is 2.20. The van der Waals surface area contributed by atoms with Gasteiger partial charge in [-0.3, -0.25) is 0 Å². The molecule has 3 heteroatoms. The van der Waals surface area contributed by atoms with Gasteiger partial charge in [-0.1, -0.05) is 51.3 Å². The number of nitrogens with zero attached hydrogens (tertiary/aromatic N) is 1. The molecular weight excluding hydrogens is 280 g/mol. The third-order valence-electron chi connectivity index (χ3n) is 3.80. The molecule has 0 radical (unpaired) electrons. The molecule has 1 aromatic carbocycles. The summed E-state index contributed by atoms with van der Waals surface area (Å²) in [6.07, 6.45) is 6.06. The van der Waals surface area contributed by atoms with E-state index >= 15 is 0 Å². The Kier molecular flexibility index (Phi) is 6.13. The van der Waals surface area contributed by atoms with E-state index in [0.717, 1.165) is 24.7 Å². The molecule has 0 saturated heterocycles. The number of halogens is 1. The highest BCUT2D eigenvalue weighted by Crippen LogP contribution is 2.25. The van der Waals surface area contributed by atoms with E-state index in [1.54, 1.807) is 0 Å². The Bertz CT molecular complexity index is 572. The maximum absolute atomic E-state index is 6.18. The van der Waals surface area contributed by atoms with Crippen LogP contribution < -0.4 is 5.32 Å². The lowest BCUT2D eigenvalue weighted by Gasteiger charge is -2.06. The summed E-state index contributed by atoms with van der Waals surface area (Å²) in [5.74, 6) is 0.678. The summed E-state index contributed by atoms with van der Waals surface area (Å²) in [5.41, 5.74) is 2.64. The summed E-state index contributed by atoms with van der Waals surface area (Å²) >= 11 is 6.18. The molecule has 0 unspecified atom stereocenters. The van der Waals surface area contributed by atoms with Crippen LogP contribution in [-0.4, -0.2) is 11.1 Å². The Labute approximate surface area is 133 Å².